The quantitative estimate of drug-likeness (QED) is 0.548. The number of fused-ring (bicyclic) bond motifs is 1. The van der Waals surface area contributed by atoms with Crippen LogP contribution in [0.4, 0.5) is 0 Å². The summed E-state index contributed by atoms with van der Waals surface area (Å²) in [4.78, 5) is 4.74. The topological polar surface area (TPSA) is 27.1 Å². The molecule has 2 heterocycles. The SMILES string of the molecule is CC(Cl)c1nc2cc(I)ccc2n1C(C)C1CCCO1. The summed E-state index contributed by atoms with van der Waals surface area (Å²) in [7, 11) is 0. The van der Waals surface area contributed by atoms with E-state index in [4.69, 9.17) is 21.3 Å². The minimum absolute atomic E-state index is 0.107. The number of aromatic nitrogens is 2. The van der Waals surface area contributed by atoms with E-state index in [9.17, 15) is 0 Å². The number of halogens is 2. The van der Waals surface area contributed by atoms with Crippen molar-refractivity contribution in [1.82, 2.24) is 9.55 Å². The fraction of sp³-hybridized carbons (Fsp3) is 0.533. The van der Waals surface area contributed by atoms with Crippen LogP contribution in [0.25, 0.3) is 11.0 Å². The molecule has 3 rings (SSSR count). The third-order valence-electron chi connectivity index (χ3n) is 3.94. The van der Waals surface area contributed by atoms with Gasteiger partial charge in [0.25, 0.3) is 0 Å². The van der Waals surface area contributed by atoms with Crippen molar-refractivity contribution in [3.05, 3.63) is 27.6 Å². The minimum atomic E-state index is -0.107. The molecule has 2 aromatic rings. The number of hydrogen-bond donors (Lipinski definition) is 0. The first-order chi connectivity index (χ1) is 9.58. The summed E-state index contributed by atoms with van der Waals surface area (Å²) in [6.45, 7) is 5.05. The molecule has 108 valence electrons. The smallest absolute Gasteiger partial charge is 0.128 e. The zero-order valence-electron chi connectivity index (χ0n) is 11.6. The number of imidazole rings is 1. The van der Waals surface area contributed by atoms with Crippen LogP contribution in [0.5, 0.6) is 0 Å². The molecule has 0 radical (unpaired) electrons. The molecular weight excluding hydrogens is 387 g/mol. The number of benzene rings is 1. The molecule has 1 aromatic heterocycles. The third-order valence-corrected chi connectivity index (χ3v) is 4.81. The monoisotopic (exact) mass is 404 g/mol. The Morgan fingerprint density at radius 1 is 1.45 bits per heavy atom. The number of rotatable bonds is 3. The lowest BCUT2D eigenvalue weighted by Crippen LogP contribution is -2.22. The van der Waals surface area contributed by atoms with Gasteiger partial charge in [0, 0.05) is 10.2 Å². The largest absolute Gasteiger partial charge is 0.376 e. The molecule has 0 spiro atoms. The summed E-state index contributed by atoms with van der Waals surface area (Å²) in [5.74, 6) is 0.937. The first-order valence-electron chi connectivity index (χ1n) is 7.01. The second-order valence-corrected chi connectivity index (χ2v) is 7.28. The summed E-state index contributed by atoms with van der Waals surface area (Å²) < 4.78 is 9.31. The number of nitrogens with zero attached hydrogens (tertiary/aromatic N) is 2. The van der Waals surface area contributed by atoms with Crippen molar-refractivity contribution in [2.45, 2.75) is 44.2 Å². The normalized spacial score (nSPS) is 22.3. The summed E-state index contributed by atoms with van der Waals surface area (Å²) in [6, 6.07) is 6.63. The van der Waals surface area contributed by atoms with E-state index >= 15 is 0 Å². The van der Waals surface area contributed by atoms with Gasteiger partial charge in [0.2, 0.25) is 0 Å². The van der Waals surface area contributed by atoms with E-state index in [0.29, 0.717) is 0 Å². The van der Waals surface area contributed by atoms with Gasteiger partial charge in [0.05, 0.1) is 28.6 Å². The Bertz CT molecular complexity index is 620. The lowest BCUT2D eigenvalue weighted by molar-refractivity contribution is 0.0736. The van der Waals surface area contributed by atoms with E-state index < -0.39 is 0 Å². The van der Waals surface area contributed by atoms with E-state index in [1.54, 1.807) is 0 Å². The number of alkyl halides is 1. The van der Waals surface area contributed by atoms with Crippen LogP contribution in [0.3, 0.4) is 0 Å². The molecule has 0 amide bonds. The molecule has 1 saturated heterocycles. The fourth-order valence-corrected chi connectivity index (χ4v) is 3.58. The second kappa shape index (κ2) is 5.81. The lowest BCUT2D eigenvalue weighted by atomic mass is 10.1. The van der Waals surface area contributed by atoms with Crippen molar-refractivity contribution in [3.8, 4) is 0 Å². The molecule has 0 aliphatic carbocycles. The van der Waals surface area contributed by atoms with Gasteiger partial charge in [0.15, 0.2) is 0 Å². The van der Waals surface area contributed by atoms with Crippen LogP contribution >= 0.6 is 34.2 Å². The van der Waals surface area contributed by atoms with Gasteiger partial charge in [-0.2, -0.15) is 0 Å². The van der Waals surface area contributed by atoms with Crippen LogP contribution in [0.1, 0.15) is 43.9 Å². The lowest BCUT2D eigenvalue weighted by Gasteiger charge is -2.23. The maximum Gasteiger partial charge on any atom is 0.128 e. The van der Waals surface area contributed by atoms with E-state index in [-0.39, 0.29) is 17.5 Å². The summed E-state index contributed by atoms with van der Waals surface area (Å²) >= 11 is 8.66. The third kappa shape index (κ3) is 2.57. The van der Waals surface area contributed by atoms with Gasteiger partial charge in [-0.3, -0.25) is 0 Å². The van der Waals surface area contributed by atoms with Crippen LogP contribution < -0.4 is 0 Å². The highest BCUT2D eigenvalue weighted by atomic mass is 127. The molecule has 3 atom stereocenters. The van der Waals surface area contributed by atoms with Crippen molar-refractivity contribution in [2.75, 3.05) is 6.61 Å². The highest BCUT2D eigenvalue weighted by molar-refractivity contribution is 14.1. The Labute approximate surface area is 137 Å². The van der Waals surface area contributed by atoms with Crippen LogP contribution in [0, 0.1) is 3.57 Å². The Hall–Kier alpha value is -0.330. The molecule has 1 aromatic carbocycles. The van der Waals surface area contributed by atoms with Gasteiger partial charge < -0.3 is 9.30 Å². The average molecular weight is 405 g/mol. The molecule has 1 aliphatic heterocycles. The maximum absolute atomic E-state index is 6.34. The van der Waals surface area contributed by atoms with Gasteiger partial charge in [-0.25, -0.2) is 4.98 Å². The van der Waals surface area contributed by atoms with Gasteiger partial charge in [-0.15, -0.1) is 11.6 Å². The Morgan fingerprint density at radius 2 is 2.25 bits per heavy atom. The van der Waals surface area contributed by atoms with Crippen LogP contribution in [0.2, 0.25) is 0 Å². The predicted octanol–water partition coefficient (Wildman–Crippen LogP) is 4.68. The molecule has 1 aliphatic rings. The summed E-state index contributed by atoms with van der Waals surface area (Å²) in [6.07, 6.45) is 2.52. The van der Waals surface area contributed by atoms with Crippen LogP contribution in [-0.4, -0.2) is 22.3 Å². The van der Waals surface area contributed by atoms with Crippen molar-refractivity contribution in [2.24, 2.45) is 0 Å². The highest BCUT2D eigenvalue weighted by Gasteiger charge is 2.28. The molecule has 1 fully saturated rings. The first-order valence-corrected chi connectivity index (χ1v) is 8.52. The van der Waals surface area contributed by atoms with E-state index in [2.05, 4.69) is 52.3 Å². The Balaban J connectivity index is 2.13. The molecule has 3 nitrogen and oxygen atoms in total. The Morgan fingerprint density at radius 3 is 2.90 bits per heavy atom. The number of hydrogen-bond acceptors (Lipinski definition) is 2. The zero-order valence-corrected chi connectivity index (χ0v) is 14.6. The van der Waals surface area contributed by atoms with Crippen molar-refractivity contribution in [1.29, 1.82) is 0 Å². The van der Waals surface area contributed by atoms with Crippen LogP contribution in [-0.2, 0) is 4.74 Å². The van der Waals surface area contributed by atoms with Crippen molar-refractivity contribution >= 4 is 45.2 Å². The van der Waals surface area contributed by atoms with Crippen molar-refractivity contribution in [3.63, 3.8) is 0 Å². The van der Waals surface area contributed by atoms with Crippen molar-refractivity contribution < 1.29 is 4.74 Å². The van der Waals surface area contributed by atoms with Crippen LogP contribution in [0.15, 0.2) is 18.2 Å². The standard InChI is InChI=1S/C15H18ClIN2O/c1-9(16)15-18-12-8-11(17)5-6-13(12)19(15)10(2)14-4-3-7-20-14/h5-6,8-10,14H,3-4,7H2,1-2H3. The zero-order chi connectivity index (χ0) is 14.3. The minimum Gasteiger partial charge on any atom is -0.376 e. The van der Waals surface area contributed by atoms with Gasteiger partial charge in [-0.1, -0.05) is 0 Å². The van der Waals surface area contributed by atoms with Gasteiger partial charge >= 0.3 is 0 Å². The molecular formula is C15H18ClIN2O. The molecule has 3 unspecified atom stereocenters. The van der Waals surface area contributed by atoms with E-state index in [1.807, 2.05) is 6.92 Å². The fourth-order valence-electron chi connectivity index (χ4n) is 2.95. The summed E-state index contributed by atoms with van der Waals surface area (Å²) in [5, 5.41) is -0.107. The predicted molar refractivity (Wildman–Crippen MR) is 90.4 cm³/mol. The highest BCUT2D eigenvalue weighted by Crippen LogP contribution is 2.33. The van der Waals surface area contributed by atoms with Gasteiger partial charge in [-0.05, 0) is 67.5 Å². The molecule has 5 heteroatoms. The number of ether oxygens (including phenoxy) is 1. The van der Waals surface area contributed by atoms with E-state index in [0.717, 1.165) is 36.3 Å². The molecule has 0 saturated carbocycles. The molecule has 20 heavy (non-hydrogen) atoms. The summed E-state index contributed by atoms with van der Waals surface area (Å²) in [5.41, 5.74) is 2.17. The Kier molecular flexibility index (Phi) is 4.24. The second-order valence-electron chi connectivity index (χ2n) is 5.38. The van der Waals surface area contributed by atoms with Gasteiger partial charge in [0.1, 0.15) is 5.82 Å². The molecule has 0 N–H and O–H groups in total. The first kappa shape index (κ1) is 14.6. The average Bonchev–Trinajstić information content (AvgIpc) is 3.04. The molecule has 0 bridgehead atoms. The maximum atomic E-state index is 6.34. The van der Waals surface area contributed by atoms with E-state index in [1.165, 1.54) is 3.57 Å².